The molecule has 1 heterocycles. The third kappa shape index (κ3) is 5.53. The Bertz CT molecular complexity index is 1410. The summed E-state index contributed by atoms with van der Waals surface area (Å²) in [6.07, 6.45) is 7.61. The lowest BCUT2D eigenvalue weighted by molar-refractivity contribution is 0.0827. The molecule has 0 radical (unpaired) electrons. The number of anilines is 1. The van der Waals surface area contributed by atoms with Crippen LogP contribution in [0.5, 0.6) is 0 Å². The number of amides is 1. The Morgan fingerprint density at radius 1 is 1.03 bits per heavy atom. The van der Waals surface area contributed by atoms with Crippen molar-refractivity contribution in [3.8, 4) is 17.2 Å². The Kier molecular flexibility index (Phi) is 7.38. The third-order valence-corrected chi connectivity index (χ3v) is 8.16. The van der Waals surface area contributed by atoms with E-state index in [1.54, 1.807) is 19.0 Å². The highest BCUT2D eigenvalue weighted by Crippen LogP contribution is 2.39. The van der Waals surface area contributed by atoms with E-state index in [0.29, 0.717) is 5.56 Å². The Labute approximate surface area is 227 Å². The van der Waals surface area contributed by atoms with Gasteiger partial charge in [-0.25, -0.2) is 0 Å². The van der Waals surface area contributed by atoms with Crippen LogP contribution < -0.4 is 4.90 Å². The van der Waals surface area contributed by atoms with Crippen molar-refractivity contribution in [1.82, 2.24) is 4.90 Å². The van der Waals surface area contributed by atoms with E-state index in [0.717, 1.165) is 64.0 Å². The average Bonchev–Trinajstić information content (AvgIpc) is 3.63. The molecule has 2 aliphatic rings. The molecule has 0 aromatic heterocycles. The lowest BCUT2D eigenvalue weighted by Crippen LogP contribution is -2.21. The van der Waals surface area contributed by atoms with E-state index in [2.05, 4.69) is 67.3 Å². The molecule has 194 valence electrons. The van der Waals surface area contributed by atoms with Gasteiger partial charge in [-0.3, -0.25) is 4.79 Å². The Morgan fingerprint density at radius 3 is 2.45 bits per heavy atom. The second-order valence-electron chi connectivity index (χ2n) is 11.2. The van der Waals surface area contributed by atoms with Crippen molar-refractivity contribution in [1.29, 1.82) is 5.26 Å². The summed E-state index contributed by atoms with van der Waals surface area (Å²) in [6.45, 7) is 6.38. The summed E-state index contributed by atoms with van der Waals surface area (Å²) in [4.78, 5) is 16.2. The number of benzene rings is 3. The fourth-order valence-corrected chi connectivity index (χ4v) is 5.71. The highest BCUT2D eigenvalue weighted by atomic mass is 16.2. The van der Waals surface area contributed by atoms with Crippen LogP contribution in [0.4, 0.5) is 5.69 Å². The van der Waals surface area contributed by atoms with Crippen LogP contribution in [0, 0.1) is 30.1 Å². The van der Waals surface area contributed by atoms with Crippen LogP contribution >= 0.6 is 0 Å². The number of carbonyl (C=O) groups excluding carboxylic acids is 1. The van der Waals surface area contributed by atoms with E-state index < -0.39 is 0 Å². The highest BCUT2D eigenvalue weighted by molar-refractivity contribution is 5.94. The largest absolute Gasteiger partial charge is 0.370 e. The first-order valence-corrected chi connectivity index (χ1v) is 13.7. The van der Waals surface area contributed by atoms with Gasteiger partial charge in [-0.1, -0.05) is 55.3 Å². The van der Waals surface area contributed by atoms with Gasteiger partial charge in [0.15, 0.2) is 0 Å². The molecule has 3 aromatic carbocycles. The van der Waals surface area contributed by atoms with Crippen molar-refractivity contribution < 1.29 is 4.79 Å². The van der Waals surface area contributed by atoms with Gasteiger partial charge in [-0.05, 0) is 96.2 Å². The minimum atomic E-state index is 0.00675. The molecule has 1 saturated carbocycles. The standard InChI is InChI=1S/C34H37N3O/c1-23(27-10-12-28(13-11-27)34(38)36(3)4)18-29-6-5-7-32(24(29)2)30-14-15-33(31(20-30)21-35)37-17-16-26(22-37)19-25-8-9-25/h5-7,10-15,18,20,25-26H,8-9,16-17,19,22H2,1-4H3/b23-18+. The van der Waals surface area contributed by atoms with Gasteiger partial charge >= 0.3 is 0 Å². The molecule has 4 heteroatoms. The summed E-state index contributed by atoms with van der Waals surface area (Å²) in [6, 6.07) is 23.0. The van der Waals surface area contributed by atoms with Crippen LogP contribution in [-0.2, 0) is 0 Å². The lowest BCUT2D eigenvalue weighted by Gasteiger charge is -2.21. The highest BCUT2D eigenvalue weighted by Gasteiger charge is 2.30. The van der Waals surface area contributed by atoms with E-state index in [9.17, 15) is 10.1 Å². The van der Waals surface area contributed by atoms with Gasteiger partial charge in [0, 0.05) is 32.7 Å². The molecule has 1 unspecified atom stereocenters. The fourth-order valence-electron chi connectivity index (χ4n) is 5.71. The molecule has 4 nitrogen and oxygen atoms in total. The summed E-state index contributed by atoms with van der Waals surface area (Å²) in [5, 5.41) is 10.0. The van der Waals surface area contributed by atoms with E-state index in [1.807, 2.05) is 24.3 Å². The van der Waals surface area contributed by atoms with Crippen molar-refractivity contribution in [2.45, 2.75) is 39.5 Å². The Morgan fingerprint density at radius 2 is 1.76 bits per heavy atom. The summed E-state index contributed by atoms with van der Waals surface area (Å²) < 4.78 is 0. The van der Waals surface area contributed by atoms with Crippen LogP contribution in [-0.4, -0.2) is 38.0 Å². The molecule has 1 aliphatic carbocycles. The maximum atomic E-state index is 12.2. The Balaban J connectivity index is 1.37. The molecule has 1 aliphatic heterocycles. The number of hydrogen-bond donors (Lipinski definition) is 0. The number of allylic oxidation sites excluding steroid dienone is 1. The van der Waals surface area contributed by atoms with Gasteiger partial charge in [0.25, 0.3) is 5.91 Å². The zero-order valence-electron chi connectivity index (χ0n) is 23.0. The smallest absolute Gasteiger partial charge is 0.253 e. The first-order valence-electron chi connectivity index (χ1n) is 13.7. The molecular weight excluding hydrogens is 466 g/mol. The molecule has 0 bridgehead atoms. The maximum absolute atomic E-state index is 12.2. The zero-order chi connectivity index (χ0) is 26.8. The molecule has 1 saturated heterocycles. The van der Waals surface area contributed by atoms with Crippen LogP contribution in [0.3, 0.4) is 0 Å². The van der Waals surface area contributed by atoms with E-state index in [-0.39, 0.29) is 5.91 Å². The number of carbonyl (C=O) groups is 1. The number of hydrogen-bond acceptors (Lipinski definition) is 3. The van der Waals surface area contributed by atoms with Crippen molar-refractivity contribution in [2.75, 3.05) is 32.1 Å². The maximum Gasteiger partial charge on any atom is 0.253 e. The number of nitrogens with zero attached hydrogens (tertiary/aromatic N) is 3. The zero-order valence-corrected chi connectivity index (χ0v) is 23.0. The minimum absolute atomic E-state index is 0.00675. The predicted molar refractivity (Wildman–Crippen MR) is 157 cm³/mol. The second kappa shape index (κ2) is 10.9. The van der Waals surface area contributed by atoms with Crippen molar-refractivity contribution in [3.63, 3.8) is 0 Å². The van der Waals surface area contributed by atoms with Crippen LogP contribution in [0.2, 0.25) is 0 Å². The SMILES string of the molecule is C/C(=C\c1cccc(-c2ccc(N3CCC(CC4CC4)C3)c(C#N)c2)c1C)c1ccc(C(=O)N(C)C)cc1. The van der Waals surface area contributed by atoms with E-state index in [1.165, 1.54) is 31.2 Å². The first-order chi connectivity index (χ1) is 18.3. The third-order valence-electron chi connectivity index (χ3n) is 8.16. The van der Waals surface area contributed by atoms with Gasteiger partial charge in [0.2, 0.25) is 0 Å². The molecule has 38 heavy (non-hydrogen) atoms. The molecule has 5 rings (SSSR count). The van der Waals surface area contributed by atoms with Crippen molar-refractivity contribution >= 4 is 23.2 Å². The monoisotopic (exact) mass is 503 g/mol. The molecule has 1 amide bonds. The number of rotatable bonds is 7. The van der Waals surface area contributed by atoms with Crippen LogP contribution in [0.25, 0.3) is 22.8 Å². The average molecular weight is 504 g/mol. The molecule has 2 fully saturated rings. The topological polar surface area (TPSA) is 47.3 Å². The number of nitriles is 1. The van der Waals surface area contributed by atoms with Crippen molar-refractivity contribution in [2.24, 2.45) is 11.8 Å². The molecule has 1 atom stereocenters. The van der Waals surface area contributed by atoms with Gasteiger partial charge in [-0.2, -0.15) is 5.26 Å². The van der Waals surface area contributed by atoms with Gasteiger partial charge in [-0.15, -0.1) is 0 Å². The lowest BCUT2D eigenvalue weighted by atomic mass is 9.93. The van der Waals surface area contributed by atoms with Crippen molar-refractivity contribution in [3.05, 3.63) is 88.5 Å². The molecule has 0 spiro atoms. The molecular formula is C34H37N3O. The first kappa shape index (κ1) is 25.8. The molecule has 0 N–H and O–H groups in total. The predicted octanol–water partition coefficient (Wildman–Crippen LogP) is 7.42. The summed E-state index contributed by atoms with van der Waals surface area (Å²) in [5.41, 5.74) is 9.32. The van der Waals surface area contributed by atoms with Gasteiger partial charge in [0.05, 0.1) is 11.3 Å². The second-order valence-corrected chi connectivity index (χ2v) is 11.2. The normalized spacial score (nSPS) is 17.4. The van der Waals surface area contributed by atoms with Gasteiger partial charge < -0.3 is 9.80 Å². The summed E-state index contributed by atoms with van der Waals surface area (Å²) >= 11 is 0. The quantitative estimate of drug-likeness (QED) is 0.315. The van der Waals surface area contributed by atoms with E-state index >= 15 is 0 Å². The van der Waals surface area contributed by atoms with Crippen LogP contribution in [0.1, 0.15) is 65.2 Å². The molecule has 3 aromatic rings. The summed E-state index contributed by atoms with van der Waals surface area (Å²) in [7, 11) is 3.53. The van der Waals surface area contributed by atoms with E-state index in [4.69, 9.17) is 0 Å². The minimum Gasteiger partial charge on any atom is -0.370 e. The fraction of sp³-hybridized carbons (Fsp3) is 0.353. The Hall–Kier alpha value is -3.84. The summed E-state index contributed by atoms with van der Waals surface area (Å²) in [5.74, 6) is 1.73. The van der Waals surface area contributed by atoms with Crippen LogP contribution in [0.15, 0.2) is 60.7 Å². The van der Waals surface area contributed by atoms with Gasteiger partial charge in [0.1, 0.15) is 6.07 Å².